The van der Waals surface area contributed by atoms with Gasteiger partial charge in [0, 0.05) is 6.54 Å². The molecule has 0 radical (unpaired) electrons. The molecule has 1 aliphatic rings. The number of rotatable bonds is 3. The van der Waals surface area contributed by atoms with Gasteiger partial charge in [0.1, 0.15) is 0 Å². The number of carbonyl (C=O) groups excluding carboxylic acids is 1. The molecule has 0 bridgehead atoms. The minimum atomic E-state index is -0.806. The number of hydrogen-bond donors (Lipinski definition) is 2. The molecule has 1 aromatic heterocycles. The van der Waals surface area contributed by atoms with E-state index in [1.54, 1.807) is 0 Å². The van der Waals surface area contributed by atoms with Gasteiger partial charge < -0.3 is 10.4 Å². The topological polar surface area (TPSA) is 75.1 Å². The van der Waals surface area contributed by atoms with Gasteiger partial charge in [0.25, 0.3) is 5.91 Å². The van der Waals surface area contributed by atoms with Crippen LogP contribution in [0.3, 0.4) is 0 Å². The molecule has 19 heavy (non-hydrogen) atoms. The lowest BCUT2D eigenvalue weighted by molar-refractivity contribution is -0.0233. The van der Waals surface area contributed by atoms with Crippen LogP contribution < -0.4 is 5.32 Å². The third-order valence-electron chi connectivity index (χ3n) is 3.71. The van der Waals surface area contributed by atoms with Crippen LogP contribution in [-0.4, -0.2) is 33.4 Å². The summed E-state index contributed by atoms with van der Waals surface area (Å²) >= 11 is 6.66. The average molecular weight is 304 g/mol. The Hall–Kier alpha value is -0.720. The van der Waals surface area contributed by atoms with E-state index < -0.39 is 5.60 Å². The van der Waals surface area contributed by atoms with Crippen LogP contribution >= 0.6 is 22.9 Å². The van der Waals surface area contributed by atoms with Gasteiger partial charge in [0.15, 0.2) is 0 Å². The van der Waals surface area contributed by atoms with Crippen molar-refractivity contribution in [2.24, 2.45) is 5.41 Å². The molecule has 0 aliphatic heterocycles. The van der Waals surface area contributed by atoms with E-state index in [1.165, 1.54) is 0 Å². The van der Waals surface area contributed by atoms with E-state index in [0.717, 1.165) is 24.2 Å². The number of nitrogens with one attached hydrogen (secondary N) is 1. The highest BCUT2D eigenvalue weighted by Gasteiger charge is 2.36. The van der Waals surface area contributed by atoms with Gasteiger partial charge in [0.05, 0.1) is 5.60 Å². The molecule has 1 amide bonds. The van der Waals surface area contributed by atoms with Crippen LogP contribution in [-0.2, 0) is 0 Å². The van der Waals surface area contributed by atoms with E-state index in [9.17, 15) is 9.90 Å². The van der Waals surface area contributed by atoms with Gasteiger partial charge in [-0.05, 0) is 42.7 Å². The van der Waals surface area contributed by atoms with E-state index in [1.807, 2.05) is 0 Å². The predicted octanol–water partition coefficient (Wildman–Crippen LogP) is 2.25. The molecule has 2 rings (SSSR count). The predicted molar refractivity (Wildman–Crippen MR) is 74.5 cm³/mol. The quantitative estimate of drug-likeness (QED) is 0.898. The van der Waals surface area contributed by atoms with Crippen molar-refractivity contribution in [2.45, 2.75) is 45.1 Å². The highest BCUT2D eigenvalue weighted by Crippen LogP contribution is 2.39. The third kappa shape index (κ3) is 3.87. The highest BCUT2D eigenvalue weighted by molar-refractivity contribution is 7.17. The van der Waals surface area contributed by atoms with Gasteiger partial charge in [-0.1, -0.05) is 25.2 Å². The number of carbonyl (C=O) groups is 1. The zero-order valence-corrected chi connectivity index (χ0v) is 12.6. The highest BCUT2D eigenvalue weighted by atomic mass is 35.5. The molecule has 2 N–H and O–H groups in total. The summed E-state index contributed by atoms with van der Waals surface area (Å²) in [4.78, 5) is 11.8. The van der Waals surface area contributed by atoms with Crippen LogP contribution in [0.2, 0.25) is 4.47 Å². The summed E-state index contributed by atoms with van der Waals surface area (Å²) < 4.78 is 0.239. The number of hydrogen-bond acceptors (Lipinski definition) is 5. The first kappa shape index (κ1) is 14.7. The monoisotopic (exact) mass is 303 g/mol. The lowest BCUT2D eigenvalue weighted by Gasteiger charge is -2.40. The summed E-state index contributed by atoms with van der Waals surface area (Å²) in [5, 5.41) is 20.6. The molecule has 0 saturated heterocycles. The van der Waals surface area contributed by atoms with Crippen molar-refractivity contribution in [3.05, 3.63) is 9.47 Å². The van der Waals surface area contributed by atoms with E-state index in [2.05, 4.69) is 29.4 Å². The maximum Gasteiger partial charge on any atom is 0.282 e. The Labute approximate surface area is 121 Å². The Kier molecular flexibility index (Phi) is 4.13. The third-order valence-corrected chi connectivity index (χ3v) is 4.72. The van der Waals surface area contributed by atoms with Crippen LogP contribution in [0, 0.1) is 5.41 Å². The fourth-order valence-electron chi connectivity index (χ4n) is 2.19. The zero-order valence-electron chi connectivity index (χ0n) is 11.1. The molecule has 0 aromatic carbocycles. The summed E-state index contributed by atoms with van der Waals surface area (Å²) in [6.45, 7) is 4.65. The zero-order chi connectivity index (χ0) is 14.1. The molecular formula is C12H18ClN3O2S. The average Bonchev–Trinajstić information content (AvgIpc) is 2.78. The number of nitrogens with zero attached hydrogens (tertiary/aromatic N) is 2. The summed E-state index contributed by atoms with van der Waals surface area (Å²) in [7, 11) is 0. The standard InChI is InChI=1S/C12H18ClN3O2S/c1-11(2)3-5-12(18,6-4-11)7-14-8(17)9-15-16-10(13)19-9/h18H,3-7H2,1-2H3,(H,14,17). The Balaban J connectivity index is 1.87. The van der Waals surface area contributed by atoms with Crippen LogP contribution in [0.5, 0.6) is 0 Å². The number of halogens is 1. The van der Waals surface area contributed by atoms with Crippen molar-refractivity contribution >= 4 is 28.8 Å². The molecule has 106 valence electrons. The fraction of sp³-hybridized carbons (Fsp3) is 0.750. The number of aromatic nitrogens is 2. The van der Waals surface area contributed by atoms with Gasteiger partial charge in [-0.3, -0.25) is 4.79 Å². The number of aliphatic hydroxyl groups is 1. The van der Waals surface area contributed by atoms with Crippen molar-refractivity contribution in [3.63, 3.8) is 0 Å². The fourth-order valence-corrected chi connectivity index (χ4v) is 2.93. The van der Waals surface area contributed by atoms with Crippen LogP contribution in [0.4, 0.5) is 0 Å². The molecule has 1 aliphatic carbocycles. The first-order valence-corrected chi connectivity index (χ1v) is 7.49. The summed E-state index contributed by atoms with van der Waals surface area (Å²) in [5.74, 6) is -0.331. The summed E-state index contributed by atoms with van der Waals surface area (Å²) in [5.41, 5.74) is -0.525. The maximum atomic E-state index is 11.8. The Morgan fingerprint density at radius 2 is 2.00 bits per heavy atom. The second kappa shape index (κ2) is 5.34. The maximum absolute atomic E-state index is 11.8. The van der Waals surface area contributed by atoms with Crippen LogP contribution in [0.1, 0.15) is 49.3 Å². The normalized spacial score (nSPS) is 21.1. The van der Waals surface area contributed by atoms with Gasteiger partial charge in [-0.25, -0.2) is 0 Å². The van der Waals surface area contributed by atoms with Crippen molar-refractivity contribution in [2.75, 3.05) is 6.54 Å². The molecule has 7 heteroatoms. The Bertz CT molecular complexity index is 465. The molecule has 5 nitrogen and oxygen atoms in total. The van der Waals surface area contributed by atoms with Crippen LogP contribution in [0.15, 0.2) is 0 Å². The second-order valence-electron chi connectivity index (χ2n) is 5.93. The van der Waals surface area contributed by atoms with Crippen molar-refractivity contribution in [3.8, 4) is 0 Å². The van der Waals surface area contributed by atoms with Gasteiger partial charge >= 0.3 is 0 Å². The molecule has 0 atom stereocenters. The molecule has 1 heterocycles. The van der Waals surface area contributed by atoms with Gasteiger partial charge in [0.2, 0.25) is 9.47 Å². The van der Waals surface area contributed by atoms with E-state index >= 15 is 0 Å². The van der Waals surface area contributed by atoms with E-state index in [4.69, 9.17) is 11.6 Å². The Morgan fingerprint density at radius 1 is 1.37 bits per heavy atom. The smallest absolute Gasteiger partial charge is 0.282 e. The Morgan fingerprint density at radius 3 is 2.53 bits per heavy atom. The van der Waals surface area contributed by atoms with Gasteiger partial charge in [-0.15, -0.1) is 10.2 Å². The summed E-state index contributed by atoms with van der Waals surface area (Å²) in [6, 6.07) is 0. The minimum Gasteiger partial charge on any atom is -0.388 e. The van der Waals surface area contributed by atoms with Crippen molar-refractivity contribution < 1.29 is 9.90 Å². The molecule has 0 unspecified atom stereocenters. The second-order valence-corrected chi connectivity index (χ2v) is 7.49. The first-order valence-electron chi connectivity index (χ1n) is 6.29. The molecule has 1 fully saturated rings. The lowest BCUT2D eigenvalue weighted by atomic mass is 9.71. The van der Waals surface area contributed by atoms with Crippen LogP contribution in [0.25, 0.3) is 0 Å². The largest absolute Gasteiger partial charge is 0.388 e. The lowest BCUT2D eigenvalue weighted by Crippen LogP contribution is -2.46. The molecule has 1 saturated carbocycles. The molecular weight excluding hydrogens is 286 g/mol. The van der Waals surface area contributed by atoms with E-state index in [0.29, 0.717) is 12.8 Å². The van der Waals surface area contributed by atoms with Crippen molar-refractivity contribution in [1.29, 1.82) is 0 Å². The number of amides is 1. The van der Waals surface area contributed by atoms with Crippen molar-refractivity contribution in [1.82, 2.24) is 15.5 Å². The summed E-state index contributed by atoms with van der Waals surface area (Å²) in [6.07, 6.45) is 3.34. The molecule has 1 aromatic rings. The molecule has 0 spiro atoms. The van der Waals surface area contributed by atoms with E-state index in [-0.39, 0.29) is 27.3 Å². The SMILES string of the molecule is CC1(C)CCC(O)(CNC(=O)c2nnc(Cl)s2)CC1. The van der Waals surface area contributed by atoms with Gasteiger partial charge in [-0.2, -0.15) is 0 Å². The minimum absolute atomic E-state index is 0.227. The first-order chi connectivity index (χ1) is 8.80.